The Hall–Kier alpha value is -0.780. The normalized spacial score (nSPS) is 18.4. The van der Waals surface area contributed by atoms with Crippen molar-refractivity contribution in [1.82, 2.24) is 10.2 Å². The van der Waals surface area contributed by atoms with E-state index >= 15 is 0 Å². The van der Waals surface area contributed by atoms with Gasteiger partial charge in [-0.3, -0.25) is 0 Å². The van der Waals surface area contributed by atoms with Gasteiger partial charge in [0.15, 0.2) is 0 Å². The lowest BCUT2D eigenvalue weighted by Gasteiger charge is -2.27. The molecule has 0 radical (unpaired) electrons. The molecule has 5 heteroatoms. The number of hydrogen-bond acceptors (Lipinski definition) is 4. The Labute approximate surface area is 118 Å². The molecule has 0 aliphatic carbocycles. The van der Waals surface area contributed by atoms with Crippen LogP contribution in [-0.2, 0) is 0 Å². The van der Waals surface area contributed by atoms with Crippen LogP contribution < -0.4 is 5.32 Å². The summed E-state index contributed by atoms with van der Waals surface area (Å²) in [6.07, 6.45) is 0. The molecule has 0 bridgehead atoms. The summed E-state index contributed by atoms with van der Waals surface area (Å²) >= 11 is 2.00. The van der Waals surface area contributed by atoms with Gasteiger partial charge in [0.25, 0.3) is 0 Å². The van der Waals surface area contributed by atoms with Crippen molar-refractivity contribution in [2.45, 2.75) is 13.0 Å². The van der Waals surface area contributed by atoms with E-state index in [1.165, 1.54) is 17.6 Å². The maximum atomic E-state index is 13.7. The number of benzene rings is 1. The quantitative estimate of drug-likeness (QED) is 0.869. The number of hydrogen-bond donors (Lipinski definition) is 2. The van der Waals surface area contributed by atoms with E-state index in [4.69, 9.17) is 0 Å². The van der Waals surface area contributed by atoms with Crippen LogP contribution in [0, 0.1) is 5.82 Å². The lowest BCUT2D eigenvalue weighted by Crippen LogP contribution is -2.38. The first-order valence-corrected chi connectivity index (χ1v) is 7.84. The Kier molecular flexibility index (Phi) is 5.48. The fourth-order valence-corrected chi connectivity index (χ4v) is 3.22. The summed E-state index contributed by atoms with van der Waals surface area (Å²) in [6, 6.07) is 4.29. The highest BCUT2D eigenvalue weighted by Crippen LogP contribution is 2.20. The standard InChI is InChI=1S/C14H21FN2OS/c1-11(13-3-2-12(18)10-14(13)15)16-4-5-17-6-8-19-9-7-17/h2-3,10-11,16,18H,4-9H2,1H3. The summed E-state index contributed by atoms with van der Waals surface area (Å²) in [7, 11) is 0. The van der Waals surface area contributed by atoms with Gasteiger partial charge in [0.05, 0.1) is 0 Å². The molecule has 3 nitrogen and oxygen atoms in total. The van der Waals surface area contributed by atoms with Crippen molar-refractivity contribution >= 4 is 11.8 Å². The average Bonchev–Trinajstić information content (AvgIpc) is 2.39. The minimum atomic E-state index is -0.352. The van der Waals surface area contributed by atoms with Gasteiger partial charge >= 0.3 is 0 Å². The van der Waals surface area contributed by atoms with Crippen molar-refractivity contribution in [2.75, 3.05) is 37.7 Å². The molecular formula is C14H21FN2OS. The number of rotatable bonds is 5. The summed E-state index contributed by atoms with van der Waals surface area (Å²) in [5, 5.41) is 12.5. The molecule has 1 aliphatic rings. The zero-order chi connectivity index (χ0) is 13.7. The Morgan fingerprint density at radius 3 is 2.84 bits per heavy atom. The predicted octanol–water partition coefficient (Wildman–Crippen LogP) is 2.23. The van der Waals surface area contributed by atoms with Gasteiger partial charge in [0.1, 0.15) is 11.6 Å². The molecule has 1 fully saturated rings. The first-order valence-electron chi connectivity index (χ1n) is 6.68. The minimum Gasteiger partial charge on any atom is -0.508 e. The number of nitrogens with one attached hydrogen (secondary N) is 1. The molecular weight excluding hydrogens is 263 g/mol. The van der Waals surface area contributed by atoms with Gasteiger partial charge in [-0.15, -0.1) is 0 Å². The van der Waals surface area contributed by atoms with Crippen molar-refractivity contribution < 1.29 is 9.50 Å². The number of thioether (sulfide) groups is 1. The number of halogens is 1. The third-order valence-electron chi connectivity index (χ3n) is 3.43. The zero-order valence-corrected chi connectivity index (χ0v) is 12.0. The molecule has 106 valence electrons. The van der Waals surface area contributed by atoms with E-state index in [0.717, 1.165) is 32.2 Å². The zero-order valence-electron chi connectivity index (χ0n) is 11.2. The van der Waals surface area contributed by atoms with Crippen LogP contribution in [0.25, 0.3) is 0 Å². The Morgan fingerprint density at radius 2 is 2.16 bits per heavy atom. The van der Waals surface area contributed by atoms with Gasteiger partial charge in [0.2, 0.25) is 0 Å². The molecule has 1 atom stereocenters. The molecule has 1 unspecified atom stereocenters. The third kappa shape index (κ3) is 4.37. The first kappa shape index (κ1) is 14.6. The van der Waals surface area contributed by atoms with E-state index in [1.807, 2.05) is 18.7 Å². The highest BCUT2D eigenvalue weighted by molar-refractivity contribution is 7.99. The number of phenolic OH excluding ortho intramolecular Hbond substituents is 1. The molecule has 2 rings (SSSR count). The van der Waals surface area contributed by atoms with Gasteiger partial charge in [0, 0.05) is 55.4 Å². The van der Waals surface area contributed by atoms with Crippen LogP contribution >= 0.6 is 11.8 Å². The molecule has 1 aromatic rings. The second-order valence-corrected chi connectivity index (χ2v) is 6.06. The van der Waals surface area contributed by atoms with E-state index in [1.54, 1.807) is 6.07 Å². The molecule has 0 saturated carbocycles. The maximum absolute atomic E-state index is 13.7. The van der Waals surface area contributed by atoms with Crippen LogP contribution in [0.15, 0.2) is 18.2 Å². The second-order valence-electron chi connectivity index (χ2n) is 4.84. The van der Waals surface area contributed by atoms with Gasteiger partial charge in [-0.2, -0.15) is 11.8 Å². The highest BCUT2D eigenvalue weighted by Gasteiger charge is 2.13. The van der Waals surface area contributed by atoms with Crippen LogP contribution in [0.2, 0.25) is 0 Å². The van der Waals surface area contributed by atoms with E-state index in [0.29, 0.717) is 5.56 Å². The molecule has 1 aliphatic heterocycles. The average molecular weight is 284 g/mol. The van der Waals surface area contributed by atoms with Crippen molar-refractivity contribution in [3.8, 4) is 5.75 Å². The Morgan fingerprint density at radius 1 is 1.42 bits per heavy atom. The maximum Gasteiger partial charge on any atom is 0.131 e. The lowest BCUT2D eigenvalue weighted by atomic mass is 10.1. The van der Waals surface area contributed by atoms with Crippen molar-refractivity contribution in [3.05, 3.63) is 29.6 Å². The van der Waals surface area contributed by atoms with Crippen molar-refractivity contribution in [3.63, 3.8) is 0 Å². The van der Waals surface area contributed by atoms with E-state index in [9.17, 15) is 9.50 Å². The first-order chi connectivity index (χ1) is 9.16. The SMILES string of the molecule is CC(NCCN1CCSCC1)c1ccc(O)cc1F. The van der Waals surface area contributed by atoms with Crippen LogP contribution in [0.5, 0.6) is 5.75 Å². The lowest BCUT2D eigenvalue weighted by molar-refractivity contribution is 0.296. The summed E-state index contributed by atoms with van der Waals surface area (Å²) in [6.45, 7) is 6.10. The summed E-state index contributed by atoms with van der Waals surface area (Å²) in [5.41, 5.74) is 0.604. The van der Waals surface area contributed by atoms with E-state index < -0.39 is 0 Å². The van der Waals surface area contributed by atoms with Gasteiger partial charge in [-0.05, 0) is 13.0 Å². The van der Waals surface area contributed by atoms with Gasteiger partial charge in [-0.1, -0.05) is 6.07 Å². The van der Waals surface area contributed by atoms with Crippen LogP contribution in [0.3, 0.4) is 0 Å². The Bertz CT molecular complexity index is 410. The molecule has 0 amide bonds. The molecule has 1 aromatic carbocycles. The molecule has 2 N–H and O–H groups in total. The van der Waals surface area contributed by atoms with Crippen LogP contribution in [-0.4, -0.2) is 47.7 Å². The van der Waals surface area contributed by atoms with Crippen molar-refractivity contribution in [1.29, 1.82) is 0 Å². The summed E-state index contributed by atoms with van der Waals surface area (Å²) < 4.78 is 13.7. The fraction of sp³-hybridized carbons (Fsp3) is 0.571. The number of aromatic hydroxyl groups is 1. The molecule has 0 spiro atoms. The topological polar surface area (TPSA) is 35.5 Å². The molecule has 1 heterocycles. The van der Waals surface area contributed by atoms with E-state index in [2.05, 4.69) is 10.2 Å². The smallest absolute Gasteiger partial charge is 0.131 e. The van der Waals surface area contributed by atoms with E-state index in [-0.39, 0.29) is 17.6 Å². The second kappa shape index (κ2) is 7.12. The Balaban J connectivity index is 1.78. The number of phenols is 1. The molecule has 1 saturated heterocycles. The molecule has 0 aromatic heterocycles. The monoisotopic (exact) mass is 284 g/mol. The van der Waals surface area contributed by atoms with Crippen LogP contribution in [0.4, 0.5) is 4.39 Å². The number of nitrogens with zero attached hydrogens (tertiary/aromatic N) is 1. The predicted molar refractivity (Wildman–Crippen MR) is 78.2 cm³/mol. The minimum absolute atomic E-state index is 0.0285. The van der Waals surface area contributed by atoms with Gasteiger partial charge < -0.3 is 15.3 Å². The fourth-order valence-electron chi connectivity index (χ4n) is 2.24. The van der Waals surface area contributed by atoms with Crippen LogP contribution in [0.1, 0.15) is 18.5 Å². The third-order valence-corrected chi connectivity index (χ3v) is 4.38. The largest absolute Gasteiger partial charge is 0.508 e. The van der Waals surface area contributed by atoms with Gasteiger partial charge in [-0.25, -0.2) is 4.39 Å². The summed E-state index contributed by atoms with van der Waals surface area (Å²) in [4.78, 5) is 2.43. The molecule has 19 heavy (non-hydrogen) atoms. The highest BCUT2D eigenvalue weighted by atomic mass is 32.2. The summed E-state index contributed by atoms with van der Waals surface area (Å²) in [5.74, 6) is 2.04. The van der Waals surface area contributed by atoms with Crippen molar-refractivity contribution in [2.24, 2.45) is 0 Å².